The van der Waals surface area contributed by atoms with Gasteiger partial charge in [-0.25, -0.2) is 4.98 Å². The van der Waals surface area contributed by atoms with Crippen molar-refractivity contribution in [3.05, 3.63) is 48.8 Å². The second-order valence-corrected chi connectivity index (χ2v) is 4.33. The van der Waals surface area contributed by atoms with Crippen molar-refractivity contribution in [2.45, 2.75) is 6.18 Å². The molecule has 0 spiro atoms. The summed E-state index contributed by atoms with van der Waals surface area (Å²) < 4.78 is 37.5. The Balaban J connectivity index is 2.31. The summed E-state index contributed by atoms with van der Waals surface area (Å²) >= 11 is 0. The minimum absolute atomic E-state index is 0.125. The first-order valence-corrected chi connectivity index (χ1v) is 6.09. The second-order valence-electron chi connectivity index (χ2n) is 4.33. The first kappa shape index (κ1) is 15.0. The number of benzene rings is 1. The van der Waals surface area contributed by atoms with Gasteiger partial charge in [0.15, 0.2) is 0 Å². The van der Waals surface area contributed by atoms with Crippen LogP contribution < -0.4 is 0 Å². The lowest BCUT2D eigenvalue weighted by atomic mass is 10.3. The van der Waals surface area contributed by atoms with Crippen LogP contribution in [0.5, 0.6) is 0 Å². The number of hydrogen-bond acceptors (Lipinski definition) is 3. The number of aromatic nitrogens is 2. The van der Waals surface area contributed by atoms with Gasteiger partial charge in [0.2, 0.25) is 0 Å². The van der Waals surface area contributed by atoms with Gasteiger partial charge in [0, 0.05) is 6.54 Å². The number of rotatable bonds is 4. The molecule has 0 atom stereocenters. The third kappa shape index (κ3) is 3.77. The molecule has 1 heterocycles. The molecule has 0 saturated heterocycles. The van der Waals surface area contributed by atoms with E-state index in [1.807, 2.05) is 0 Å². The Kier molecular flexibility index (Phi) is 4.21. The molecule has 0 saturated carbocycles. The highest BCUT2D eigenvalue weighted by molar-refractivity contribution is 5.93. The van der Waals surface area contributed by atoms with Gasteiger partial charge in [-0.15, -0.1) is 6.58 Å². The van der Waals surface area contributed by atoms with Gasteiger partial charge in [0.05, 0.1) is 17.2 Å². The maximum atomic E-state index is 12.5. The molecule has 0 aliphatic heterocycles. The lowest BCUT2D eigenvalue weighted by Crippen LogP contribution is -2.39. The van der Waals surface area contributed by atoms with E-state index in [4.69, 9.17) is 0 Å². The van der Waals surface area contributed by atoms with Crippen LogP contribution >= 0.6 is 0 Å². The highest BCUT2D eigenvalue weighted by Crippen LogP contribution is 2.18. The van der Waals surface area contributed by atoms with Gasteiger partial charge in [0.1, 0.15) is 12.2 Å². The van der Waals surface area contributed by atoms with Crippen molar-refractivity contribution in [1.82, 2.24) is 14.9 Å². The molecule has 0 aliphatic rings. The normalized spacial score (nSPS) is 11.4. The number of carbonyl (C=O) groups excluding carboxylic acids is 1. The first-order chi connectivity index (χ1) is 9.90. The molecule has 21 heavy (non-hydrogen) atoms. The van der Waals surface area contributed by atoms with Crippen LogP contribution in [-0.2, 0) is 0 Å². The summed E-state index contributed by atoms with van der Waals surface area (Å²) in [5.41, 5.74) is 0.897. The standard InChI is InChI=1S/C14H12F3N3O/c1-2-7-20(9-14(15,16)17)13(21)12-8-18-10-5-3-4-6-11(10)19-12/h2-6,8H,1,7,9H2. The summed E-state index contributed by atoms with van der Waals surface area (Å²) in [4.78, 5) is 20.8. The Morgan fingerprint density at radius 3 is 2.57 bits per heavy atom. The zero-order valence-electron chi connectivity index (χ0n) is 11.0. The smallest absolute Gasteiger partial charge is 0.324 e. The van der Waals surface area contributed by atoms with E-state index in [2.05, 4.69) is 16.5 Å². The van der Waals surface area contributed by atoms with Crippen LogP contribution in [0.4, 0.5) is 13.2 Å². The fourth-order valence-electron chi connectivity index (χ4n) is 1.81. The maximum Gasteiger partial charge on any atom is 0.406 e. The fourth-order valence-corrected chi connectivity index (χ4v) is 1.81. The quantitative estimate of drug-likeness (QED) is 0.815. The lowest BCUT2D eigenvalue weighted by molar-refractivity contribution is -0.139. The van der Waals surface area contributed by atoms with Gasteiger partial charge in [-0.1, -0.05) is 18.2 Å². The van der Waals surface area contributed by atoms with Crippen molar-refractivity contribution < 1.29 is 18.0 Å². The molecular weight excluding hydrogens is 283 g/mol. The molecule has 0 aliphatic carbocycles. The summed E-state index contributed by atoms with van der Waals surface area (Å²) in [6.45, 7) is 1.79. The van der Waals surface area contributed by atoms with Crippen molar-refractivity contribution in [2.24, 2.45) is 0 Å². The lowest BCUT2D eigenvalue weighted by Gasteiger charge is -2.22. The van der Waals surface area contributed by atoms with Crippen LogP contribution in [0.25, 0.3) is 11.0 Å². The molecule has 4 nitrogen and oxygen atoms in total. The van der Waals surface area contributed by atoms with Crippen LogP contribution in [0.1, 0.15) is 10.5 Å². The Hall–Kier alpha value is -2.44. The summed E-state index contributed by atoms with van der Waals surface area (Å²) in [6.07, 6.45) is -2.07. The van der Waals surface area contributed by atoms with E-state index >= 15 is 0 Å². The first-order valence-electron chi connectivity index (χ1n) is 6.09. The number of amides is 1. The molecule has 0 N–H and O–H groups in total. The Bertz CT molecular complexity index is 670. The van der Waals surface area contributed by atoms with E-state index in [0.717, 1.165) is 0 Å². The highest BCUT2D eigenvalue weighted by atomic mass is 19.4. The summed E-state index contributed by atoms with van der Waals surface area (Å²) in [7, 11) is 0. The fraction of sp³-hybridized carbons (Fsp3) is 0.214. The van der Waals surface area contributed by atoms with Gasteiger partial charge in [-0.3, -0.25) is 9.78 Å². The van der Waals surface area contributed by atoms with Crippen LogP contribution in [0, 0.1) is 0 Å². The van der Waals surface area contributed by atoms with Gasteiger partial charge in [-0.05, 0) is 12.1 Å². The molecule has 2 aromatic rings. The zero-order chi connectivity index (χ0) is 15.5. The molecule has 1 aromatic carbocycles. The third-order valence-corrected chi connectivity index (χ3v) is 2.67. The van der Waals surface area contributed by atoms with Crippen molar-refractivity contribution in [3.63, 3.8) is 0 Å². The minimum Gasteiger partial charge on any atom is -0.324 e. The van der Waals surface area contributed by atoms with Crippen LogP contribution in [0.3, 0.4) is 0 Å². The van der Waals surface area contributed by atoms with Crippen molar-refractivity contribution >= 4 is 16.9 Å². The number of nitrogens with zero attached hydrogens (tertiary/aromatic N) is 3. The SMILES string of the molecule is C=CCN(CC(F)(F)F)C(=O)c1cnc2ccccc2n1. The average molecular weight is 295 g/mol. The number of para-hydroxylation sites is 2. The van der Waals surface area contributed by atoms with Crippen molar-refractivity contribution in [1.29, 1.82) is 0 Å². The molecule has 0 bridgehead atoms. The second kappa shape index (κ2) is 5.90. The molecule has 110 valence electrons. The number of fused-ring (bicyclic) bond motifs is 1. The summed E-state index contributed by atoms with van der Waals surface area (Å²) in [6, 6.07) is 6.81. The van der Waals surface area contributed by atoms with E-state index in [1.54, 1.807) is 24.3 Å². The van der Waals surface area contributed by atoms with Crippen molar-refractivity contribution in [3.8, 4) is 0 Å². The maximum absolute atomic E-state index is 12.5. The largest absolute Gasteiger partial charge is 0.406 e. The van der Waals surface area contributed by atoms with Gasteiger partial charge in [0.25, 0.3) is 5.91 Å². The molecule has 1 amide bonds. The third-order valence-electron chi connectivity index (χ3n) is 2.67. The zero-order valence-corrected chi connectivity index (χ0v) is 11.0. The monoisotopic (exact) mass is 295 g/mol. The summed E-state index contributed by atoms with van der Waals surface area (Å²) in [5.74, 6) is -0.828. The molecule has 2 rings (SSSR count). The van der Waals surface area contributed by atoms with E-state index < -0.39 is 18.6 Å². The Labute approximate surface area is 118 Å². The molecule has 1 aromatic heterocycles. The highest BCUT2D eigenvalue weighted by Gasteiger charge is 2.33. The number of alkyl halides is 3. The van der Waals surface area contributed by atoms with Gasteiger partial charge >= 0.3 is 6.18 Å². The minimum atomic E-state index is -4.48. The van der Waals surface area contributed by atoms with Crippen LogP contribution in [0.15, 0.2) is 43.1 Å². The van der Waals surface area contributed by atoms with Crippen LogP contribution in [0.2, 0.25) is 0 Å². The number of halogens is 3. The predicted octanol–water partition coefficient (Wildman–Crippen LogP) is 2.82. The Morgan fingerprint density at radius 2 is 1.95 bits per heavy atom. The topological polar surface area (TPSA) is 46.1 Å². The van der Waals surface area contributed by atoms with E-state index in [-0.39, 0.29) is 12.2 Å². The summed E-state index contributed by atoms with van der Waals surface area (Å²) in [5, 5.41) is 0. The number of carbonyl (C=O) groups is 1. The average Bonchev–Trinajstić information content (AvgIpc) is 2.44. The van der Waals surface area contributed by atoms with Gasteiger partial charge in [-0.2, -0.15) is 13.2 Å². The molecule has 0 radical (unpaired) electrons. The van der Waals surface area contributed by atoms with Crippen molar-refractivity contribution in [2.75, 3.05) is 13.1 Å². The molecule has 0 fully saturated rings. The Morgan fingerprint density at radius 1 is 1.29 bits per heavy atom. The molecule has 7 heteroatoms. The van der Waals surface area contributed by atoms with Gasteiger partial charge < -0.3 is 4.90 Å². The predicted molar refractivity (Wildman–Crippen MR) is 71.7 cm³/mol. The molecular formula is C14H12F3N3O. The van der Waals surface area contributed by atoms with Crippen LogP contribution in [-0.4, -0.2) is 40.0 Å². The van der Waals surface area contributed by atoms with E-state index in [0.29, 0.717) is 15.9 Å². The van der Waals surface area contributed by atoms with E-state index in [1.165, 1.54) is 12.3 Å². The molecule has 0 unspecified atom stereocenters. The van der Waals surface area contributed by atoms with E-state index in [9.17, 15) is 18.0 Å². The number of hydrogen-bond donors (Lipinski definition) is 0.